The summed E-state index contributed by atoms with van der Waals surface area (Å²) < 4.78 is 40.6. The molecule has 0 bridgehead atoms. The average molecular weight is 423 g/mol. The van der Waals surface area contributed by atoms with Gasteiger partial charge in [-0.15, -0.1) is 11.8 Å². The fourth-order valence-electron chi connectivity index (χ4n) is 3.10. The fourth-order valence-corrected chi connectivity index (χ4v) is 5.51. The van der Waals surface area contributed by atoms with Crippen molar-refractivity contribution in [1.29, 1.82) is 0 Å². The lowest BCUT2D eigenvalue weighted by molar-refractivity contribution is -0.113. The Kier molecular flexibility index (Phi) is 6.74. The van der Waals surface area contributed by atoms with E-state index in [0.29, 0.717) is 24.3 Å². The van der Waals surface area contributed by atoms with Crippen LogP contribution in [0.25, 0.3) is 0 Å². The zero-order chi connectivity index (χ0) is 20.1. The van der Waals surface area contributed by atoms with E-state index in [2.05, 4.69) is 5.32 Å². The fraction of sp³-hybridized carbons (Fsp3) is 0.350. The summed E-state index contributed by atoms with van der Waals surface area (Å²) in [5.41, 5.74) is 0.989. The number of thioether (sulfide) groups is 1. The Morgan fingerprint density at radius 2 is 1.89 bits per heavy atom. The topological polar surface area (TPSA) is 66.5 Å². The van der Waals surface area contributed by atoms with Crippen LogP contribution in [0.3, 0.4) is 0 Å². The molecule has 8 heteroatoms. The van der Waals surface area contributed by atoms with E-state index in [1.807, 2.05) is 6.92 Å². The lowest BCUT2D eigenvalue weighted by Gasteiger charge is -2.16. The van der Waals surface area contributed by atoms with Crippen LogP contribution in [0.4, 0.5) is 10.1 Å². The molecule has 3 rings (SSSR count). The van der Waals surface area contributed by atoms with Gasteiger partial charge in [-0.05, 0) is 44.0 Å². The van der Waals surface area contributed by atoms with Gasteiger partial charge in [0.25, 0.3) is 0 Å². The number of rotatable bonds is 7. The highest BCUT2D eigenvalue weighted by molar-refractivity contribution is 8.00. The van der Waals surface area contributed by atoms with Gasteiger partial charge in [-0.1, -0.05) is 24.3 Å². The normalized spacial score (nSPS) is 16.1. The predicted octanol–water partition coefficient (Wildman–Crippen LogP) is 4.04. The summed E-state index contributed by atoms with van der Waals surface area (Å²) in [4.78, 5) is 12.4. The number of anilines is 1. The third-order valence-electron chi connectivity index (χ3n) is 4.63. The number of benzene rings is 2. The Bertz CT molecular complexity index is 944. The Balaban J connectivity index is 1.61. The summed E-state index contributed by atoms with van der Waals surface area (Å²) in [6, 6.07) is 12.8. The lowest BCUT2D eigenvalue weighted by Crippen LogP contribution is -2.28. The molecule has 1 saturated heterocycles. The van der Waals surface area contributed by atoms with Crippen LogP contribution < -0.4 is 5.32 Å². The summed E-state index contributed by atoms with van der Waals surface area (Å²) in [5, 5.41) is 2.56. The SMILES string of the molecule is CC(SCC(=O)Nc1cccc(S(=O)(=O)N2CCCC2)c1)c1ccccc1F. The minimum atomic E-state index is -3.53. The Hall–Kier alpha value is -1.90. The molecule has 1 unspecified atom stereocenters. The molecule has 1 aliphatic heterocycles. The van der Waals surface area contributed by atoms with Gasteiger partial charge in [0.15, 0.2) is 0 Å². The number of sulfonamides is 1. The van der Waals surface area contributed by atoms with E-state index in [9.17, 15) is 17.6 Å². The monoisotopic (exact) mass is 422 g/mol. The average Bonchev–Trinajstić information content (AvgIpc) is 3.22. The molecular formula is C20H23FN2O3S2. The first-order valence-corrected chi connectivity index (χ1v) is 11.6. The van der Waals surface area contributed by atoms with Crippen LogP contribution >= 0.6 is 11.8 Å². The van der Waals surface area contributed by atoms with Crippen molar-refractivity contribution in [3.63, 3.8) is 0 Å². The van der Waals surface area contributed by atoms with E-state index in [1.165, 1.54) is 34.3 Å². The van der Waals surface area contributed by atoms with Crippen molar-refractivity contribution < 1.29 is 17.6 Å². The van der Waals surface area contributed by atoms with Crippen molar-refractivity contribution in [3.8, 4) is 0 Å². The van der Waals surface area contributed by atoms with Crippen LogP contribution in [-0.4, -0.2) is 37.5 Å². The maximum Gasteiger partial charge on any atom is 0.243 e. The van der Waals surface area contributed by atoms with Gasteiger partial charge in [0.2, 0.25) is 15.9 Å². The molecular weight excluding hydrogens is 399 g/mol. The number of carbonyl (C=O) groups is 1. The zero-order valence-corrected chi connectivity index (χ0v) is 17.2. The van der Waals surface area contributed by atoms with Crippen LogP contribution in [0.2, 0.25) is 0 Å². The van der Waals surface area contributed by atoms with Gasteiger partial charge in [-0.3, -0.25) is 4.79 Å². The zero-order valence-electron chi connectivity index (χ0n) is 15.6. The van der Waals surface area contributed by atoms with Gasteiger partial charge in [-0.25, -0.2) is 12.8 Å². The van der Waals surface area contributed by atoms with Crippen LogP contribution in [0.15, 0.2) is 53.4 Å². The number of hydrogen-bond donors (Lipinski definition) is 1. The van der Waals surface area contributed by atoms with Gasteiger partial charge in [-0.2, -0.15) is 4.31 Å². The van der Waals surface area contributed by atoms with Crippen LogP contribution in [0.5, 0.6) is 0 Å². The first-order chi connectivity index (χ1) is 13.4. The van der Waals surface area contributed by atoms with Crippen LogP contribution in [0, 0.1) is 5.82 Å². The highest BCUT2D eigenvalue weighted by Gasteiger charge is 2.27. The Morgan fingerprint density at radius 3 is 2.61 bits per heavy atom. The maximum absolute atomic E-state index is 13.8. The summed E-state index contributed by atoms with van der Waals surface area (Å²) in [7, 11) is -3.53. The Labute approximate surface area is 169 Å². The molecule has 1 fully saturated rings. The van der Waals surface area contributed by atoms with Gasteiger partial charge >= 0.3 is 0 Å². The minimum Gasteiger partial charge on any atom is -0.325 e. The van der Waals surface area contributed by atoms with Crippen LogP contribution in [-0.2, 0) is 14.8 Å². The second kappa shape index (κ2) is 9.07. The van der Waals surface area contributed by atoms with E-state index in [1.54, 1.807) is 30.3 Å². The smallest absolute Gasteiger partial charge is 0.243 e. The molecule has 0 saturated carbocycles. The number of hydrogen-bond acceptors (Lipinski definition) is 4. The number of carbonyl (C=O) groups excluding carboxylic acids is 1. The van der Waals surface area contributed by atoms with Gasteiger partial charge in [0, 0.05) is 29.6 Å². The van der Waals surface area contributed by atoms with Crippen molar-refractivity contribution in [1.82, 2.24) is 4.31 Å². The summed E-state index contributed by atoms with van der Waals surface area (Å²) in [6.45, 7) is 2.91. The van der Waals surface area contributed by atoms with Crippen molar-refractivity contribution >= 4 is 33.4 Å². The van der Waals surface area contributed by atoms with E-state index in [-0.39, 0.29) is 27.6 Å². The molecule has 2 aromatic carbocycles. The summed E-state index contributed by atoms with van der Waals surface area (Å²) in [5.74, 6) is -0.412. The molecule has 1 N–H and O–H groups in total. The molecule has 28 heavy (non-hydrogen) atoms. The molecule has 2 aromatic rings. The van der Waals surface area contributed by atoms with E-state index in [4.69, 9.17) is 0 Å². The highest BCUT2D eigenvalue weighted by Crippen LogP contribution is 2.30. The van der Waals surface area contributed by atoms with E-state index >= 15 is 0 Å². The van der Waals surface area contributed by atoms with Gasteiger partial charge in [0.05, 0.1) is 10.6 Å². The maximum atomic E-state index is 13.8. The molecule has 0 spiro atoms. The molecule has 150 valence electrons. The summed E-state index contributed by atoms with van der Waals surface area (Å²) >= 11 is 1.32. The van der Waals surface area contributed by atoms with Gasteiger partial charge in [0.1, 0.15) is 5.82 Å². The van der Waals surface area contributed by atoms with Gasteiger partial charge < -0.3 is 5.32 Å². The number of halogens is 1. The molecule has 0 radical (unpaired) electrons. The molecule has 1 amide bonds. The number of nitrogens with one attached hydrogen (secondary N) is 1. The Morgan fingerprint density at radius 1 is 1.18 bits per heavy atom. The molecule has 5 nitrogen and oxygen atoms in total. The standard InChI is InChI=1S/C20H23FN2O3S2/c1-15(18-9-2-3-10-19(18)21)27-14-20(24)22-16-7-6-8-17(13-16)28(25,26)23-11-4-5-12-23/h2-3,6-10,13,15H,4-5,11-12,14H2,1H3,(H,22,24). The predicted molar refractivity (Wildman–Crippen MR) is 110 cm³/mol. The molecule has 1 atom stereocenters. The van der Waals surface area contributed by atoms with E-state index in [0.717, 1.165) is 12.8 Å². The van der Waals surface area contributed by atoms with Crippen molar-refractivity contribution in [2.24, 2.45) is 0 Å². The lowest BCUT2D eigenvalue weighted by atomic mass is 10.1. The minimum absolute atomic E-state index is 0.138. The molecule has 0 aliphatic carbocycles. The second-order valence-corrected chi connectivity index (χ2v) is 9.93. The largest absolute Gasteiger partial charge is 0.325 e. The van der Waals surface area contributed by atoms with Crippen molar-refractivity contribution in [2.45, 2.75) is 29.9 Å². The first-order valence-electron chi connectivity index (χ1n) is 9.14. The third-order valence-corrected chi connectivity index (χ3v) is 7.71. The molecule has 1 aliphatic rings. The van der Waals surface area contributed by atoms with Crippen molar-refractivity contribution in [3.05, 3.63) is 59.9 Å². The summed E-state index contributed by atoms with van der Waals surface area (Å²) in [6.07, 6.45) is 1.74. The molecule has 1 heterocycles. The van der Waals surface area contributed by atoms with E-state index < -0.39 is 10.0 Å². The third kappa shape index (κ3) is 4.92. The second-order valence-electron chi connectivity index (χ2n) is 6.66. The number of amides is 1. The number of nitrogens with zero attached hydrogens (tertiary/aromatic N) is 1. The van der Waals surface area contributed by atoms with Crippen LogP contribution in [0.1, 0.15) is 30.6 Å². The van der Waals surface area contributed by atoms with Crippen molar-refractivity contribution in [2.75, 3.05) is 24.2 Å². The quantitative estimate of drug-likeness (QED) is 0.731. The first kappa shape index (κ1) is 20.8. The molecule has 0 aromatic heterocycles. The highest BCUT2D eigenvalue weighted by atomic mass is 32.2.